The summed E-state index contributed by atoms with van der Waals surface area (Å²) in [5, 5.41) is 0. The van der Waals surface area contributed by atoms with Gasteiger partial charge in [-0.3, -0.25) is 0 Å². The van der Waals surface area contributed by atoms with Gasteiger partial charge in [0.1, 0.15) is 23.0 Å². The van der Waals surface area contributed by atoms with Crippen LogP contribution in [0, 0.1) is 0 Å². The largest absolute Gasteiger partial charge is 0.458 e. The zero-order valence-electron chi connectivity index (χ0n) is 48.7. The van der Waals surface area contributed by atoms with Crippen LogP contribution in [-0.2, 0) is 0 Å². The van der Waals surface area contributed by atoms with Gasteiger partial charge in [0.25, 0.3) is 13.4 Å². The van der Waals surface area contributed by atoms with E-state index in [-0.39, 0.29) is 13.4 Å². The molecule has 420 valence electrons. The van der Waals surface area contributed by atoms with Crippen LogP contribution in [0.15, 0.2) is 325 Å². The maximum Gasteiger partial charge on any atom is 0.256 e. The van der Waals surface area contributed by atoms with Gasteiger partial charge in [0.05, 0.1) is 22.7 Å². The normalized spacial score (nSPS) is 13.5. The van der Waals surface area contributed by atoms with Crippen LogP contribution >= 0.6 is 11.8 Å². The Hall–Kier alpha value is -11.1. The number of benzene rings is 12. The molecule has 5 aliphatic rings. The summed E-state index contributed by atoms with van der Waals surface area (Å²) in [7, 11) is 0. The molecule has 0 aliphatic carbocycles. The zero-order valence-corrected chi connectivity index (χ0v) is 49.5. The van der Waals surface area contributed by atoms with Crippen molar-refractivity contribution in [2.45, 2.75) is 16.7 Å². The Morgan fingerprint density at radius 2 is 0.831 bits per heavy atom. The lowest BCUT2D eigenvalue weighted by Gasteiger charge is -2.44. The van der Waals surface area contributed by atoms with E-state index in [1.54, 1.807) is 0 Å². The first-order chi connectivity index (χ1) is 44.0. The highest BCUT2D eigenvalue weighted by atomic mass is 32.2. The highest BCUT2D eigenvalue weighted by Crippen LogP contribution is 2.54. The molecular formula is C79H55B2N5O2S. The van der Waals surface area contributed by atoms with Crippen molar-refractivity contribution in [3.8, 4) is 23.0 Å². The minimum atomic E-state index is -0.267. The van der Waals surface area contributed by atoms with Crippen LogP contribution in [0.25, 0.3) is 0 Å². The molecule has 0 unspecified atom stereocenters. The lowest BCUT2D eigenvalue weighted by molar-refractivity contribution is 0.487. The molecule has 10 heteroatoms. The van der Waals surface area contributed by atoms with Gasteiger partial charge >= 0.3 is 0 Å². The second-order valence-corrected chi connectivity index (χ2v) is 24.0. The van der Waals surface area contributed by atoms with Gasteiger partial charge in [-0.1, -0.05) is 182 Å². The van der Waals surface area contributed by atoms with E-state index < -0.39 is 0 Å². The summed E-state index contributed by atoms with van der Waals surface area (Å²) in [6.45, 7) is 5.67. The average molecular weight is 1160 g/mol. The van der Waals surface area contributed by atoms with Gasteiger partial charge in [0.15, 0.2) is 0 Å². The Bertz CT molecular complexity index is 4800. The molecule has 12 aromatic rings. The van der Waals surface area contributed by atoms with E-state index in [1.165, 1.54) is 10.4 Å². The van der Waals surface area contributed by atoms with Gasteiger partial charge < -0.3 is 34.0 Å². The monoisotopic (exact) mass is 1160 g/mol. The van der Waals surface area contributed by atoms with Crippen molar-refractivity contribution in [2.24, 2.45) is 0 Å². The van der Waals surface area contributed by atoms with Gasteiger partial charge in [-0.25, -0.2) is 0 Å². The fourth-order valence-electron chi connectivity index (χ4n) is 14.1. The summed E-state index contributed by atoms with van der Waals surface area (Å²) in [6, 6.07) is 101. The Morgan fingerprint density at radius 1 is 0.371 bits per heavy atom. The van der Waals surface area contributed by atoms with Crippen LogP contribution in [-0.4, -0.2) is 13.4 Å². The fourth-order valence-corrected chi connectivity index (χ4v) is 15.2. The number of hydrogen-bond donors (Lipinski definition) is 0. The molecule has 0 saturated heterocycles. The molecule has 7 nitrogen and oxygen atoms in total. The van der Waals surface area contributed by atoms with E-state index in [4.69, 9.17) is 9.47 Å². The van der Waals surface area contributed by atoms with Crippen molar-refractivity contribution in [3.63, 3.8) is 0 Å². The predicted octanol–water partition coefficient (Wildman–Crippen LogP) is 17.7. The molecule has 0 fully saturated rings. The topological polar surface area (TPSA) is 34.7 Å². The third-order valence-corrected chi connectivity index (χ3v) is 18.8. The maximum atomic E-state index is 7.72. The standard InChI is InChI=1S/C79H55B2N5O2S/c1-3-4-11-28-53(2)82(54-29-12-5-13-30-54)60-45-71-79-74(47-60)88-73-52-69-77(89-76-44-27-26-43-67(76)85(69)58-37-20-9-21-38-58)50-65(73)81(79)63-49-64-72(51-68(63)86(71)59-39-22-10-23-40-59)87-75-48-61(83(55-31-14-6-15-32-55)56-33-16-7-17-34-56)46-70-78(75)80(64)62-41-24-25-42-66(62)84(70)57-35-18-8-19-36-57/h3-52H,1H2,2H3/b11-4-,53-28+. The highest BCUT2D eigenvalue weighted by molar-refractivity contribution is 7.99. The third-order valence-electron chi connectivity index (χ3n) is 17.7. The van der Waals surface area contributed by atoms with Gasteiger partial charge in [-0.05, 0) is 155 Å². The summed E-state index contributed by atoms with van der Waals surface area (Å²) in [4.78, 5) is 14.3. The van der Waals surface area contributed by atoms with Crippen LogP contribution in [0.5, 0.6) is 23.0 Å². The zero-order chi connectivity index (χ0) is 59.1. The fraction of sp³-hybridized carbons (Fsp3) is 0.0127. The van der Waals surface area contributed by atoms with E-state index in [9.17, 15) is 0 Å². The van der Waals surface area contributed by atoms with E-state index in [2.05, 4.69) is 323 Å². The van der Waals surface area contributed by atoms with Gasteiger partial charge in [0.2, 0.25) is 0 Å². The molecule has 0 amide bonds. The van der Waals surface area contributed by atoms with Crippen LogP contribution < -0.4 is 66.8 Å². The van der Waals surface area contributed by atoms with Gasteiger partial charge in [0, 0.05) is 96.6 Å². The van der Waals surface area contributed by atoms with Crippen molar-refractivity contribution >= 4 is 138 Å². The number of allylic oxidation sites excluding steroid dienone is 5. The molecule has 12 aromatic carbocycles. The van der Waals surface area contributed by atoms with E-state index in [1.807, 2.05) is 30.0 Å². The van der Waals surface area contributed by atoms with Crippen LogP contribution in [0.1, 0.15) is 6.92 Å². The molecule has 0 bridgehead atoms. The minimum Gasteiger partial charge on any atom is -0.458 e. The summed E-state index contributed by atoms with van der Waals surface area (Å²) < 4.78 is 15.3. The molecule has 89 heavy (non-hydrogen) atoms. The maximum absolute atomic E-state index is 7.72. The molecule has 0 spiro atoms. The second-order valence-electron chi connectivity index (χ2n) is 22.9. The van der Waals surface area contributed by atoms with Crippen LogP contribution in [0.3, 0.4) is 0 Å². The number of hydrogen-bond acceptors (Lipinski definition) is 8. The minimum absolute atomic E-state index is 0.201. The first kappa shape index (κ1) is 52.3. The predicted molar refractivity (Wildman–Crippen MR) is 373 cm³/mol. The van der Waals surface area contributed by atoms with Crippen LogP contribution in [0.4, 0.5) is 79.6 Å². The molecule has 0 radical (unpaired) electrons. The highest BCUT2D eigenvalue weighted by Gasteiger charge is 2.48. The van der Waals surface area contributed by atoms with Crippen molar-refractivity contribution in [1.29, 1.82) is 0 Å². The van der Waals surface area contributed by atoms with Crippen molar-refractivity contribution in [2.75, 3.05) is 24.5 Å². The lowest BCUT2D eigenvalue weighted by atomic mass is 9.31. The average Bonchev–Trinajstić information content (AvgIpc) is 0.708. The van der Waals surface area contributed by atoms with Crippen molar-refractivity contribution < 1.29 is 9.47 Å². The molecule has 0 aromatic heterocycles. The van der Waals surface area contributed by atoms with E-state index in [0.717, 1.165) is 141 Å². The lowest BCUT2D eigenvalue weighted by Crippen LogP contribution is -2.63. The second kappa shape index (κ2) is 21.4. The number of nitrogens with zero attached hydrogens (tertiary/aromatic N) is 5. The molecule has 0 atom stereocenters. The number of ether oxygens (including phenoxy) is 2. The summed E-state index contributed by atoms with van der Waals surface area (Å²) in [5.74, 6) is 3.22. The number of rotatable bonds is 11. The Kier molecular flexibility index (Phi) is 12.6. The molecule has 0 N–H and O–H groups in total. The number of anilines is 14. The third kappa shape index (κ3) is 8.62. The Balaban J connectivity index is 0.940. The molecule has 5 heterocycles. The molecule has 0 saturated carbocycles. The summed E-state index contributed by atoms with van der Waals surface area (Å²) in [5.41, 5.74) is 22.5. The first-order valence-electron chi connectivity index (χ1n) is 30.2. The molecule has 5 aliphatic heterocycles. The van der Waals surface area contributed by atoms with E-state index >= 15 is 0 Å². The van der Waals surface area contributed by atoms with Gasteiger partial charge in [-0.15, -0.1) is 0 Å². The SMILES string of the molecule is C=C/C=C\C=C(/C)N(c1ccccc1)c1cc2c3c(c1)N(c1ccccc1)c1cc4c(cc1B3c1cc3c(cc1O2)N(c1ccccc1)c1ccccc1S3)B1c2ccccc2N(c2ccccc2)c2cc(N(c3ccccc3)c3ccccc3)cc(c21)O4. The smallest absolute Gasteiger partial charge is 0.256 e. The van der Waals surface area contributed by atoms with Crippen LogP contribution in [0.2, 0.25) is 0 Å². The summed E-state index contributed by atoms with van der Waals surface area (Å²) in [6.07, 6.45) is 7.97. The van der Waals surface area contributed by atoms with Crippen molar-refractivity contribution in [3.05, 3.63) is 316 Å². The molecule has 17 rings (SSSR count). The number of para-hydroxylation sites is 8. The van der Waals surface area contributed by atoms with Crippen molar-refractivity contribution in [1.82, 2.24) is 0 Å². The Labute approximate surface area is 523 Å². The Morgan fingerprint density at radius 3 is 1.43 bits per heavy atom. The number of fused-ring (bicyclic) bond motifs is 10. The summed E-state index contributed by atoms with van der Waals surface area (Å²) >= 11 is 1.82. The molecular weight excluding hydrogens is 1100 g/mol. The van der Waals surface area contributed by atoms with Gasteiger partial charge in [-0.2, -0.15) is 0 Å². The quantitative estimate of drug-likeness (QED) is 0.0936. The van der Waals surface area contributed by atoms with E-state index in [0.29, 0.717) is 0 Å². The first-order valence-corrected chi connectivity index (χ1v) is 31.1.